The number of hydrogen-bond acceptors (Lipinski definition) is 6. The van der Waals surface area contributed by atoms with Crippen molar-refractivity contribution in [3.63, 3.8) is 0 Å². The van der Waals surface area contributed by atoms with E-state index < -0.39 is 5.92 Å². The Morgan fingerprint density at radius 3 is 2.84 bits per heavy atom. The van der Waals surface area contributed by atoms with Gasteiger partial charge in [0.1, 0.15) is 11.7 Å². The Labute approximate surface area is 110 Å². The molecule has 6 nitrogen and oxygen atoms in total. The van der Waals surface area contributed by atoms with Crippen molar-refractivity contribution in [1.82, 2.24) is 10.1 Å². The van der Waals surface area contributed by atoms with Crippen LogP contribution >= 0.6 is 0 Å². The quantitative estimate of drug-likeness (QED) is 0.772. The van der Waals surface area contributed by atoms with Crippen LogP contribution in [0.1, 0.15) is 37.8 Å². The van der Waals surface area contributed by atoms with Crippen LogP contribution in [0.4, 0.5) is 0 Å². The summed E-state index contributed by atoms with van der Waals surface area (Å²) in [6, 6.07) is 1.76. The van der Waals surface area contributed by atoms with Gasteiger partial charge in [-0.1, -0.05) is 12.1 Å². The van der Waals surface area contributed by atoms with Crippen molar-refractivity contribution in [3.8, 4) is 11.4 Å². The van der Waals surface area contributed by atoms with Gasteiger partial charge in [-0.2, -0.15) is 4.98 Å². The van der Waals surface area contributed by atoms with E-state index in [1.54, 1.807) is 19.3 Å². The van der Waals surface area contributed by atoms with Gasteiger partial charge in [0.25, 0.3) is 0 Å². The molecule has 0 bridgehead atoms. The summed E-state index contributed by atoms with van der Waals surface area (Å²) in [6.07, 6.45) is 2.11. The summed E-state index contributed by atoms with van der Waals surface area (Å²) < 4.78 is 15.3. The standard InChI is InChI=1S/C13H16N2O4/c1-4-9(13(16)17-5-2)12-14-11(15-19-12)10-6-7-18-8(10)3/h6-7,9H,4-5H2,1-3H3. The largest absolute Gasteiger partial charge is 0.469 e. The van der Waals surface area contributed by atoms with Crippen LogP contribution in [0.2, 0.25) is 0 Å². The van der Waals surface area contributed by atoms with Gasteiger partial charge in [0.2, 0.25) is 11.7 Å². The Morgan fingerprint density at radius 2 is 2.26 bits per heavy atom. The first-order chi connectivity index (χ1) is 9.17. The van der Waals surface area contributed by atoms with Crippen molar-refractivity contribution >= 4 is 5.97 Å². The topological polar surface area (TPSA) is 78.4 Å². The van der Waals surface area contributed by atoms with E-state index in [0.717, 1.165) is 5.56 Å². The Hall–Kier alpha value is -2.11. The second kappa shape index (κ2) is 5.69. The number of carbonyl (C=O) groups is 1. The van der Waals surface area contributed by atoms with Crippen LogP contribution in [0.15, 0.2) is 21.3 Å². The molecule has 1 atom stereocenters. The van der Waals surface area contributed by atoms with Gasteiger partial charge < -0.3 is 13.7 Å². The van der Waals surface area contributed by atoms with Crippen LogP contribution in [0, 0.1) is 6.92 Å². The highest BCUT2D eigenvalue weighted by Crippen LogP contribution is 2.25. The van der Waals surface area contributed by atoms with Crippen LogP contribution in [-0.2, 0) is 9.53 Å². The first kappa shape index (κ1) is 13.3. The molecule has 102 valence electrons. The van der Waals surface area contributed by atoms with E-state index in [2.05, 4.69) is 10.1 Å². The van der Waals surface area contributed by atoms with E-state index in [1.165, 1.54) is 0 Å². The molecular weight excluding hydrogens is 248 g/mol. The number of nitrogens with zero attached hydrogens (tertiary/aromatic N) is 2. The number of furan rings is 1. The molecule has 0 radical (unpaired) electrons. The first-order valence-corrected chi connectivity index (χ1v) is 6.22. The highest BCUT2D eigenvalue weighted by Gasteiger charge is 2.27. The fourth-order valence-corrected chi connectivity index (χ4v) is 1.79. The molecule has 0 aliphatic carbocycles. The molecule has 0 saturated heterocycles. The van der Waals surface area contributed by atoms with Crippen molar-refractivity contribution in [1.29, 1.82) is 0 Å². The van der Waals surface area contributed by atoms with Gasteiger partial charge in [-0.3, -0.25) is 4.79 Å². The molecule has 0 amide bonds. The van der Waals surface area contributed by atoms with E-state index in [9.17, 15) is 4.79 Å². The van der Waals surface area contributed by atoms with Crippen LogP contribution in [0.25, 0.3) is 11.4 Å². The predicted molar refractivity (Wildman–Crippen MR) is 66.4 cm³/mol. The second-order valence-corrected chi connectivity index (χ2v) is 4.06. The van der Waals surface area contributed by atoms with E-state index in [-0.39, 0.29) is 11.9 Å². The van der Waals surface area contributed by atoms with Crippen molar-refractivity contribution in [2.24, 2.45) is 0 Å². The zero-order valence-electron chi connectivity index (χ0n) is 11.2. The van der Waals surface area contributed by atoms with E-state index in [1.807, 2.05) is 13.8 Å². The minimum absolute atomic E-state index is 0.275. The molecule has 0 N–H and O–H groups in total. The van der Waals surface area contributed by atoms with E-state index in [4.69, 9.17) is 13.7 Å². The lowest BCUT2D eigenvalue weighted by Gasteiger charge is -2.08. The molecule has 0 saturated carbocycles. The number of rotatable bonds is 5. The molecule has 2 heterocycles. The highest BCUT2D eigenvalue weighted by molar-refractivity contribution is 5.76. The van der Waals surface area contributed by atoms with Crippen LogP contribution < -0.4 is 0 Å². The monoisotopic (exact) mass is 264 g/mol. The fourth-order valence-electron chi connectivity index (χ4n) is 1.79. The normalized spacial score (nSPS) is 12.4. The molecule has 6 heteroatoms. The predicted octanol–water partition coefficient (Wildman–Crippen LogP) is 2.69. The Kier molecular flexibility index (Phi) is 3.99. The van der Waals surface area contributed by atoms with Gasteiger partial charge in [-0.25, -0.2) is 0 Å². The number of esters is 1. The summed E-state index contributed by atoms with van der Waals surface area (Å²) in [6.45, 7) is 5.78. The maximum Gasteiger partial charge on any atom is 0.318 e. The number of aromatic nitrogens is 2. The molecule has 0 aromatic carbocycles. The molecule has 2 aromatic heterocycles. The van der Waals surface area contributed by atoms with Crippen LogP contribution in [0.3, 0.4) is 0 Å². The summed E-state index contributed by atoms with van der Waals surface area (Å²) in [7, 11) is 0. The number of carbonyl (C=O) groups excluding carboxylic acids is 1. The molecule has 1 unspecified atom stereocenters. The molecule has 2 rings (SSSR count). The van der Waals surface area contributed by atoms with Crippen LogP contribution in [-0.4, -0.2) is 22.7 Å². The van der Waals surface area contributed by atoms with Gasteiger partial charge in [-0.15, -0.1) is 0 Å². The van der Waals surface area contributed by atoms with Gasteiger partial charge in [0, 0.05) is 0 Å². The first-order valence-electron chi connectivity index (χ1n) is 6.22. The third kappa shape index (κ3) is 2.67. The summed E-state index contributed by atoms with van der Waals surface area (Å²) in [5.74, 6) is 0.537. The molecule has 19 heavy (non-hydrogen) atoms. The molecular formula is C13H16N2O4. The molecule has 2 aromatic rings. The maximum absolute atomic E-state index is 11.8. The van der Waals surface area contributed by atoms with Gasteiger partial charge in [0.15, 0.2) is 0 Å². The third-order valence-corrected chi connectivity index (χ3v) is 2.82. The minimum Gasteiger partial charge on any atom is -0.469 e. The number of ether oxygens (including phenoxy) is 1. The highest BCUT2D eigenvalue weighted by atomic mass is 16.5. The van der Waals surface area contributed by atoms with Crippen molar-refractivity contribution in [3.05, 3.63) is 24.0 Å². The van der Waals surface area contributed by atoms with Crippen molar-refractivity contribution < 1.29 is 18.5 Å². The van der Waals surface area contributed by atoms with Crippen LogP contribution in [0.5, 0.6) is 0 Å². The summed E-state index contributed by atoms with van der Waals surface area (Å²) >= 11 is 0. The van der Waals surface area contributed by atoms with E-state index in [0.29, 0.717) is 24.6 Å². The Balaban J connectivity index is 2.25. The summed E-state index contributed by atoms with van der Waals surface area (Å²) in [5, 5.41) is 3.88. The number of aryl methyl sites for hydroxylation is 1. The van der Waals surface area contributed by atoms with E-state index >= 15 is 0 Å². The van der Waals surface area contributed by atoms with Gasteiger partial charge >= 0.3 is 5.97 Å². The summed E-state index contributed by atoms with van der Waals surface area (Å²) in [5.41, 5.74) is 0.758. The molecule has 0 aliphatic heterocycles. The van der Waals surface area contributed by atoms with Gasteiger partial charge in [0.05, 0.1) is 18.4 Å². The zero-order valence-corrected chi connectivity index (χ0v) is 11.2. The maximum atomic E-state index is 11.8. The fraction of sp³-hybridized carbons (Fsp3) is 0.462. The van der Waals surface area contributed by atoms with Gasteiger partial charge in [-0.05, 0) is 26.3 Å². The summed E-state index contributed by atoms with van der Waals surface area (Å²) in [4.78, 5) is 16.0. The Morgan fingerprint density at radius 1 is 1.47 bits per heavy atom. The number of hydrogen-bond donors (Lipinski definition) is 0. The van der Waals surface area contributed by atoms with Crippen molar-refractivity contribution in [2.75, 3.05) is 6.61 Å². The lowest BCUT2D eigenvalue weighted by atomic mass is 10.1. The average molecular weight is 264 g/mol. The van der Waals surface area contributed by atoms with Crippen molar-refractivity contribution in [2.45, 2.75) is 33.1 Å². The molecule has 0 fully saturated rings. The average Bonchev–Trinajstić information content (AvgIpc) is 2.99. The SMILES string of the molecule is CCOC(=O)C(CC)c1nc(-c2ccoc2C)no1. The molecule has 0 aliphatic rings. The smallest absolute Gasteiger partial charge is 0.318 e. The lowest BCUT2D eigenvalue weighted by molar-refractivity contribution is -0.145. The lowest BCUT2D eigenvalue weighted by Crippen LogP contribution is -2.15. The zero-order chi connectivity index (χ0) is 13.8. The second-order valence-electron chi connectivity index (χ2n) is 4.06. The minimum atomic E-state index is -0.520. The molecule has 0 spiro atoms. The third-order valence-electron chi connectivity index (χ3n) is 2.82. The Bertz CT molecular complexity index is 558.